The Morgan fingerprint density at radius 3 is 2.30 bits per heavy atom. The lowest BCUT2D eigenvalue weighted by atomic mass is 9.97. The van der Waals surface area contributed by atoms with E-state index in [-0.39, 0.29) is 18.4 Å². The minimum Gasteiger partial charge on any atom is -0.495 e. The minimum atomic E-state index is -0.789. The Bertz CT molecular complexity index is 1220. The summed E-state index contributed by atoms with van der Waals surface area (Å²) in [5.41, 5.74) is 5.18. The third-order valence-corrected chi connectivity index (χ3v) is 6.16. The van der Waals surface area contributed by atoms with Crippen LogP contribution in [0.5, 0.6) is 5.75 Å². The van der Waals surface area contributed by atoms with E-state index < -0.39 is 6.04 Å². The van der Waals surface area contributed by atoms with Crippen molar-refractivity contribution in [2.45, 2.75) is 26.8 Å². The van der Waals surface area contributed by atoms with Gasteiger partial charge in [-0.2, -0.15) is 0 Å². The fourth-order valence-electron chi connectivity index (χ4n) is 4.32. The Hall–Kier alpha value is -3.86. The van der Waals surface area contributed by atoms with Crippen LogP contribution in [0.2, 0.25) is 0 Å². The molecular weight excluding hydrogens is 412 g/mol. The van der Waals surface area contributed by atoms with Gasteiger partial charge in [-0.25, -0.2) is 0 Å². The summed E-state index contributed by atoms with van der Waals surface area (Å²) in [6.07, 6.45) is 1.96. The summed E-state index contributed by atoms with van der Waals surface area (Å²) in [5, 5.41) is 0. The van der Waals surface area contributed by atoms with Crippen molar-refractivity contribution in [1.82, 2.24) is 0 Å². The van der Waals surface area contributed by atoms with Crippen LogP contribution in [0.25, 0.3) is 6.08 Å². The minimum absolute atomic E-state index is 0.0315. The second-order valence-electron chi connectivity index (χ2n) is 8.28. The maximum absolute atomic E-state index is 14.0. The zero-order chi connectivity index (χ0) is 23.5. The fraction of sp³-hybridized carbons (Fsp3) is 0.214. The quantitative estimate of drug-likeness (QED) is 0.550. The van der Waals surface area contributed by atoms with E-state index in [0.717, 1.165) is 28.0 Å². The maximum Gasteiger partial charge on any atom is 0.254 e. The van der Waals surface area contributed by atoms with Crippen LogP contribution in [0, 0.1) is 13.8 Å². The number of rotatable bonds is 5. The molecule has 1 aliphatic rings. The molecule has 4 rings (SSSR count). The molecule has 5 nitrogen and oxygen atoms in total. The molecule has 0 spiro atoms. The zero-order valence-electron chi connectivity index (χ0n) is 19.4. The van der Waals surface area contributed by atoms with Gasteiger partial charge in [-0.1, -0.05) is 60.7 Å². The van der Waals surface area contributed by atoms with E-state index in [9.17, 15) is 9.59 Å². The lowest BCUT2D eigenvalue weighted by Gasteiger charge is -2.41. The molecule has 1 saturated heterocycles. The summed E-state index contributed by atoms with van der Waals surface area (Å²) in [6, 6.07) is 22.2. The molecule has 33 heavy (non-hydrogen) atoms. The number of methoxy groups -OCH3 is 1. The van der Waals surface area contributed by atoms with Crippen molar-refractivity contribution in [3.8, 4) is 5.75 Å². The maximum atomic E-state index is 14.0. The molecular formula is C28H28N2O3. The van der Waals surface area contributed by atoms with Gasteiger partial charge < -0.3 is 9.64 Å². The Labute approximate surface area is 194 Å². The molecule has 1 unspecified atom stereocenters. The number of piperazine rings is 1. The van der Waals surface area contributed by atoms with Crippen molar-refractivity contribution in [2.75, 3.05) is 23.5 Å². The van der Waals surface area contributed by atoms with Crippen molar-refractivity contribution >= 4 is 29.3 Å². The smallest absolute Gasteiger partial charge is 0.254 e. The predicted octanol–water partition coefficient (Wildman–Crippen LogP) is 5.16. The Morgan fingerprint density at radius 1 is 0.909 bits per heavy atom. The molecule has 0 radical (unpaired) electrons. The first-order valence-electron chi connectivity index (χ1n) is 11.0. The third-order valence-electron chi connectivity index (χ3n) is 6.16. The van der Waals surface area contributed by atoms with Crippen molar-refractivity contribution in [3.63, 3.8) is 0 Å². The summed E-state index contributed by atoms with van der Waals surface area (Å²) < 4.78 is 5.54. The number of anilines is 2. The van der Waals surface area contributed by atoms with Crippen LogP contribution in [0.4, 0.5) is 11.4 Å². The molecule has 1 heterocycles. The lowest BCUT2D eigenvalue weighted by Crippen LogP contribution is -2.61. The first-order chi connectivity index (χ1) is 15.9. The van der Waals surface area contributed by atoms with E-state index in [1.54, 1.807) is 23.0 Å². The molecule has 0 saturated carbocycles. The van der Waals surface area contributed by atoms with Crippen molar-refractivity contribution in [3.05, 3.63) is 95.1 Å². The SMILES string of the molecule is COc1ccccc1N1C(=O)CN(c2cccc(C)c2C)C(=O)C1/C(C)=C/c1ccccc1. The molecule has 0 N–H and O–H groups in total. The zero-order valence-corrected chi connectivity index (χ0v) is 19.4. The number of hydrogen-bond acceptors (Lipinski definition) is 3. The lowest BCUT2D eigenvalue weighted by molar-refractivity contribution is -0.127. The number of nitrogens with zero attached hydrogens (tertiary/aromatic N) is 2. The number of amides is 2. The number of ether oxygens (including phenoxy) is 1. The first kappa shape index (κ1) is 22.3. The monoisotopic (exact) mass is 440 g/mol. The molecule has 0 aromatic heterocycles. The fourth-order valence-corrected chi connectivity index (χ4v) is 4.32. The number of hydrogen-bond donors (Lipinski definition) is 0. The van der Waals surface area contributed by atoms with E-state index in [4.69, 9.17) is 4.74 Å². The van der Waals surface area contributed by atoms with Gasteiger partial charge >= 0.3 is 0 Å². The molecule has 168 valence electrons. The molecule has 1 fully saturated rings. The standard InChI is InChI=1S/C28H28N2O3/c1-19-11-10-15-23(21(19)3)29-18-26(31)30(24-14-8-9-16-25(24)33-4)27(28(29)32)20(2)17-22-12-6-5-7-13-22/h5-17,27H,18H2,1-4H3/b20-17+. The second-order valence-corrected chi connectivity index (χ2v) is 8.28. The van der Waals surface area contributed by atoms with E-state index >= 15 is 0 Å². The molecule has 0 aliphatic carbocycles. The highest BCUT2D eigenvalue weighted by atomic mass is 16.5. The van der Waals surface area contributed by atoms with E-state index in [1.165, 1.54) is 0 Å². The van der Waals surface area contributed by atoms with E-state index in [0.29, 0.717) is 11.4 Å². The van der Waals surface area contributed by atoms with Crippen molar-refractivity contribution in [1.29, 1.82) is 0 Å². The number of para-hydroxylation sites is 2. The van der Waals surface area contributed by atoms with Gasteiger partial charge in [0.2, 0.25) is 5.91 Å². The summed E-state index contributed by atoms with van der Waals surface area (Å²) in [7, 11) is 1.57. The average Bonchev–Trinajstić information content (AvgIpc) is 2.82. The number of carbonyl (C=O) groups is 2. The predicted molar refractivity (Wildman–Crippen MR) is 133 cm³/mol. The van der Waals surface area contributed by atoms with Crippen molar-refractivity contribution < 1.29 is 14.3 Å². The largest absolute Gasteiger partial charge is 0.495 e. The van der Waals surface area contributed by atoms with E-state index in [1.807, 2.05) is 93.6 Å². The highest BCUT2D eigenvalue weighted by Crippen LogP contribution is 2.36. The van der Waals surface area contributed by atoms with Gasteiger partial charge in [0.1, 0.15) is 18.3 Å². The average molecular weight is 441 g/mol. The first-order valence-corrected chi connectivity index (χ1v) is 11.0. The van der Waals surface area contributed by atoms with Crippen LogP contribution >= 0.6 is 0 Å². The highest BCUT2D eigenvalue weighted by Gasteiger charge is 2.43. The molecule has 1 atom stereocenters. The molecule has 2 amide bonds. The third kappa shape index (κ3) is 4.27. The Balaban J connectivity index is 1.85. The highest BCUT2D eigenvalue weighted by molar-refractivity contribution is 6.16. The van der Waals surface area contributed by atoms with Crippen LogP contribution < -0.4 is 14.5 Å². The molecule has 1 aliphatic heterocycles. The number of carbonyl (C=O) groups excluding carboxylic acids is 2. The summed E-state index contributed by atoms with van der Waals surface area (Å²) in [5.74, 6) is 0.251. The van der Waals surface area contributed by atoms with Crippen LogP contribution in [0.3, 0.4) is 0 Å². The molecule has 5 heteroatoms. The summed E-state index contributed by atoms with van der Waals surface area (Å²) >= 11 is 0. The number of aryl methyl sites for hydroxylation is 1. The summed E-state index contributed by atoms with van der Waals surface area (Å²) in [4.78, 5) is 30.8. The van der Waals surface area contributed by atoms with Crippen LogP contribution in [0.1, 0.15) is 23.6 Å². The molecule has 3 aromatic rings. The van der Waals surface area contributed by atoms with Gasteiger partial charge in [0.15, 0.2) is 0 Å². The van der Waals surface area contributed by atoms with Gasteiger partial charge in [-0.15, -0.1) is 0 Å². The molecule has 3 aromatic carbocycles. The van der Waals surface area contributed by atoms with Gasteiger partial charge in [0.25, 0.3) is 5.91 Å². The van der Waals surface area contributed by atoms with Gasteiger partial charge in [0.05, 0.1) is 12.8 Å². The van der Waals surface area contributed by atoms with Crippen LogP contribution in [-0.4, -0.2) is 31.5 Å². The van der Waals surface area contributed by atoms with E-state index in [2.05, 4.69) is 0 Å². The van der Waals surface area contributed by atoms with Crippen molar-refractivity contribution in [2.24, 2.45) is 0 Å². The normalized spacial score (nSPS) is 16.8. The summed E-state index contributed by atoms with van der Waals surface area (Å²) in [6.45, 7) is 5.86. The Morgan fingerprint density at radius 2 is 1.58 bits per heavy atom. The topological polar surface area (TPSA) is 49.9 Å². The number of benzene rings is 3. The van der Waals surface area contributed by atoms with Crippen LogP contribution in [0.15, 0.2) is 78.4 Å². The van der Waals surface area contributed by atoms with Gasteiger partial charge in [0, 0.05) is 5.69 Å². The van der Waals surface area contributed by atoms with Gasteiger partial charge in [-0.05, 0) is 61.2 Å². The Kier molecular flexibility index (Phi) is 6.31. The second kappa shape index (κ2) is 9.33. The van der Waals surface area contributed by atoms with Gasteiger partial charge in [-0.3, -0.25) is 14.5 Å². The van der Waals surface area contributed by atoms with Crippen LogP contribution in [-0.2, 0) is 9.59 Å². The molecule has 0 bridgehead atoms.